The van der Waals surface area contributed by atoms with E-state index in [1.807, 2.05) is 49.4 Å². The lowest BCUT2D eigenvalue weighted by atomic mass is 10.2. The van der Waals surface area contributed by atoms with E-state index in [0.717, 1.165) is 23.4 Å². The molecule has 2 aromatic carbocycles. The largest absolute Gasteiger partial charge is 0.489 e. The minimum absolute atomic E-state index is 0. The van der Waals surface area contributed by atoms with Crippen LogP contribution in [-0.4, -0.2) is 31.6 Å². The molecule has 0 aliphatic rings. The third-order valence-corrected chi connectivity index (χ3v) is 3.82. The van der Waals surface area contributed by atoms with E-state index in [9.17, 15) is 4.79 Å². The van der Waals surface area contributed by atoms with E-state index in [0.29, 0.717) is 31.4 Å². The van der Waals surface area contributed by atoms with Crippen molar-refractivity contribution >= 4 is 35.8 Å². The highest BCUT2D eigenvalue weighted by molar-refractivity contribution is 14.0. The Bertz CT molecular complexity index is 843. The summed E-state index contributed by atoms with van der Waals surface area (Å²) in [6, 6.07) is 15.3. The van der Waals surface area contributed by atoms with E-state index in [1.165, 1.54) is 0 Å². The number of hydrogen-bond acceptors (Lipinski definition) is 4. The first-order valence-corrected chi connectivity index (χ1v) is 9.46. The molecule has 2 rings (SSSR count). The maximum Gasteiger partial charge on any atom is 0.255 e. The summed E-state index contributed by atoms with van der Waals surface area (Å²) in [5.74, 6) is 1.58. The van der Waals surface area contributed by atoms with Gasteiger partial charge in [-0.25, -0.2) is 4.99 Å². The number of primary amides is 1. The number of nitrogens with zero attached hydrogens (tertiary/aromatic N) is 1. The Morgan fingerprint density at radius 1 is 1.17 bits per heavy atom. The summed E-state index contributed by atoms with van der Waals surface area (Å²) >= 11 is 0. The van der Waals surface area contributed by atoms with Crippen molar-refractivity contribution in [3.8, 4) is 11.5 Å². The summed E-state index contributed by atoms with van der Waals surface area (Å²) in [6.07, 6.45) is 1.72. The number of aliphatic imine (C=N–C) groups is 1. The molecule has 0 atom stereocenters. The Morgan fingerprint density at radius 3 is 2.70 bits per heavy atom. The summed E-state index contributed by atoms with van der Waals surface area (Å²) in [4.78, 5) is 15.5. The average Bonchev–Trinajstić information content (AvgIpc) is 2.73. The lowest BCUT2D eigenvalue weighted by Crippen LogP contribution is -2.36. The summed E-state index contributed by atoms with van der Waals surface area (Å²) in [5.41, 5.74) is 7.10. The van der Waals surface area contributed by atoms with E-state index in [-0.39, 0.29) is 30.6 Å². The summed E-state index contributed by atoms with van der Waals surface area (Å²) in [6.45, 7) is 7.77. The van der Waals surface area contributed by atoms with Crippen LogP contribution in [0.5, 0.6) is 11.5 Å². The van der Waals surface area contributed by atoms with E-state index < -0.39 is 5.91 Å². The summed E-state index contributed by atoms with van der Waals surface area (Å²) in [7, 11) is 0. The number of halogens is 1. The number of para-hydroxylation sites is 1. The molecule has 0 unspecified atom stereocenters. The number of amides is 1. The number of benzene rings is 2. The molecule has 162 valence electrons. The number of carbonyl (C=O) groups excluding carboxylic acids is 1. The molecule has 0 fully saturated rings. The third kappa shape index (κ3) is 9.17. The second kappa shape index (κ2) is 14.3. The van der Waals surface area contributed by atoms with Crippen molar-refractivity contribution in [3.63, 3.8) is 0 Å². The number of hydrogen-bond donors (Lipinski definition) is 3. The molecule has 0 aromatic heterocycles. The zero-order chi connectivity index (χ0) is 20.9. The van der Waals surface area contributed by atoms with Crippen molar-refractivity contribution in [1.29, 1.82) is 0 Å². The third-order valence-electron chi connectivity index (χ3n) is 3.82. The molecule has 0 aliphatic carbocycles. The fourth-order valence-corrected chi connectivity index (χ4v) is 2.52. The Kier molecular flexibility index (Phi) is 12.0. The highest BCUT2D eigenvalue weighted by Gasteiger charge is 2.05. The van der Waals surface area contributed by atoms with Gasteiger partial charge in [-0.3, -0.25) is 4.79 Å². The van der Waals surface area contributed by atoms with E-state index in [2.05, 4.69) is 22.2 Å². The van der Waals surface area contributed by atoms with Gasteiger partial charge in [-0.15, -0.1) is 24.0 Å². The molecule has 0 spiro atoms. The molecule has 1 amide bonds. The molecule has 4 N–H and O–H groups in total. The first-order valence-electron chi connectivity index (χ1n) is 9.46. The van der Waals surface area contributed by atoms with Crippen molar-refractivity contribution in [1.82, 2.24) is 10.6 Å². The first kappa shape index (κ1) is 25.3. The Morgan fingerprint density at radius 2 is 1.97 bits per heavy atom. The second-order valence-electron chi connectivity index (χ2n) is 6.16. The van der Waals surface area contributed by atoms with Crippen molar-refractivity contribution in [3.05, 3.63) is 72.3 Å². The molecule has 0 saturated carbocycles. The van der Waals surface area contributed by atoms with E-state index in [4.69, 9.17) is 15.2 Å². The highest BCUT2D eigenvalue weighted by atomic mass is 127. The fourth-order valence-electron chi connectivity index (χ4n) is 2.52. The number of rotatable bonds is 11. The molecule has 8 heteroatoms. The van der Waals surface area contributed by atoms with Gasteiger partial charge in [-0.2, -0.15) is 0 Å². The van der Waals surface area contributed by atoms with Gasteiger partial charge in [0.2, 0.25) is 0 Å². The van der Waals surface area contributed by atoms with Crippen LogP contribution in [0.3, 0.4) is 0 Å². The van der Waals surface area contributed by atoms with Gasteiger partial charge >= 0.3 is 0 Å². The minimum atomic E-state index is -0.510. The molecule has 7 nitrogen and oxygen atoms in total. The molecule has 2 aromatic rings. The number of ether oxygens (including phenoxy) is 2. The van der Waals surface area contributed by atoms with Crippen LogP contribution in [0.25, 0.3) is 0 Å². The van der Waals surface area contributed by atoms with Crippen LogP contribution in [-0.2, 0) is 17.9 Å². The normalized spacial score (nSPS) is 10.5. The van der Waals surface area contributed by atoms with Crippen molar-refractivity contribution < 1.29 is 14.3 Å². The monoisotopic (exact) mass is 524 g/mol. The fraction of sp³-hybridized carbons (Fsp3) is 0.273. The number of nitrogens with two attached hydrogens (primary N) is 1. The molecule has 0 heterocycles. The van der Waals surface area contributed by atoms with Gasteiger partial charge in [0.25, 0.3) is 5.91 Å². The lowest BCUT2D eigenvalue weighted by Gasteiger charge is -2.14. The topological polar surface area (TPSA) is 98.0 Å². The highest BCUT2D eigenvalue weighted by Crippen LogP contribution is 2.18. The molecule has 0 aliphatic heterocycles. The van der Waals surface area contributed by atoms with Gasteiger partial charge in [-0.05, 0) is 30.7 Å². The van der Waals surface area contributed by atoms with Gasteiger partial charge in [0.1, 0.15) is 18.1 Å². The maximum atomic E-state index is 10.9. The molecular formula is C22H29IN4O3. The smallest absolute Gasteiger partial charge is 0.255 e. The molecular weight excluding hydrogens is 495 g/mol. The van der Waals surface area contributed by atoms with Crippen molar-refractivity contribution in [2.45, 2.75) is 20.0 Å². The van der Waals surface area contributed by atoms with Gasteiger partial charge in [-0.1, -0.05) is 43.0 Å². The Hall–Kier alpha value is -2.75. The van der Waals surface area contributed by atoms with Gasteiger partial charge in [0.15, 0.2) is 12.6 Å². The molecule has 0 saturated heterocycles. The molecule has 0 radical (unpaired) electrons. The van der Waals surface area contributed by atoms with Crippen molar-refractivity contribution in [2.24, 2.45) is 10.7 Å². The van der Waals surface area contributed by atoms with E-state index >= 15 is 0 Å². The predicted molar refractivity (Wildman–Crippen MR) is 130 cm³/mol. The average molecular weight is 524 g/mol. The zero-order valence-electron chi connectivity index (χ0n) is 17.1. The first-order chi connectivity index (χ1) is 14.1. The van der Waals surface area contributed by atoms with E-state index in [1.54, 1.807) is 12.1 Å². The number of carbonyl (C=O) groups is 1. The number of guanidine groups is 1. The maximum absolute atomic E-state index is 10.9. The molecule has 30 heavy (non-hydrogen) atoms. The van der Waals surface area contributed by atoms with Crippen LogP contribution < -0.4 is 25.8 Å². The summed E-state index contributed by atoms with van der Waals surface area (Å²) < 4.78 is 11.0. The minimum Gasteiger partial charge on any atom is -0.489 e. The van der Waals surface area contributed by atoms with Crippen LogP contribution in [0.4, 0.5) is 0 Å². The summed E-state index contributed by atoms with van der Waals surface area (Å²) in [5, 5.41) is 6.55. The lowest BCUT2D eigenvalue weighted by molar-refractivity contribution is -0.119. The second-order valence-corrected chi connectivity index (χ2v) is 6.16. The Balaban J connectivity index is 0.00000450. The number of nitrogens with one attached hydrogen (secondary N) is 2. The van der Waals surface area contributed by atoms with Crippen LogP contribution in [0.15, 0.2) is 66.2 Å². The SMILES string of the molecule is C=CCOc1ccccc1CNC(=NCc1cccc(OCC(N)=O)c1)NCC.I. The van der Waals surface area contributed by atoms with Gasteiger partial charge in [0, 0.05) is 18.7 Å². The van der Waals surface area contributed by atoms with Crippen LogP contribution in [0.2, 0.25) is 0 Å². The van der Waals surface area contributed by atoms with Gasteiger partial charge < -0.3 is 25.8 Å². The Labute approximate surface area is 194 Å². The predicted octanol–water partition coefficient (Wildman–Crippen LogP) is 2.99. The van der Waals surface area contributed by atoms with Crippen LogP contribution >= 0.6 is 24.0 Å². The van der Waals surface area contributed by atoms with Crippen LogP contribution in [0.1, 0.15) is 18.1 Å². The standard InChI is InChI=1S/C22H28N4O3.HI/c1-3-12-28-20-11-6-5-9-18(20)15-26-22(24-4-2)25-14-17-8-7-10-19(13-17)29-16-21(23)27;/h3,5-11,13H,1,4,12,14-16H2,2H3,(H2,23,27)(H2,24,25,26);1H. The molecule has 0 bridgehead atoms. The zero-order valence-corrected chi connectivity index (χ0v) is 19.4. The quantitative estimate of drug-likeness (QED) is 0.182. The van der Waals surface area contributed by atoms with Gasteiger partial charge in [0.05, 0.1) is 6.54 Å². The van der Waals surface area contributed by atoms with Crippen molar-refractivity contribution in [2.75, 3.05) is 19.8 Å². The van der Waals surface area contributed by atoms with Crippen LogP contribution in [0, 0.1) is 0 Å².